The highest BCUT2D eigenvalue weighted by molar-refractivity contribution is 5.98. The Morgan fingerprint density at radius 3 is 2.81 bits per heavy atom. The fraction of sp³-hybridized carbons (Fsp3) is 0.375. The molecule has 4 N–H and O–H groups in total. The Kier molecular flexibility index (Phi) is 4.96. The second kappa shape index (κ2) is 6.91. The Bertz CT molecular complexity index is 610. The van der Waals surface area contributed by atoms with Gasteiger partial charge in [-0.3, -0.25) is 9.59 Å². The molecule has 0 saturated heterocycles. The van der Waals surface area contributed by atoms with Crippen LogP contribution in [0.1, 0.15) is 34.3 Å². The van der Waals surface area contributed by atoms with Crippen LogP contribution in [0.3, 0.4) is 0 Å². The van der Waals surface area contributed by atoms with Crippen LogP contribution in [0.4, 0.5) is 0 Å². The number of rotatable bonds is 4. The van der Waals surface area contributed by atoms with Gasteiger partial charge in [-0.15, -0.1) is 0 Å². The van der Waals surface area contributed by atoms with Crippen molar-refractivity contribution < 1.29 is 9.59 Å². The highest BCUT2D eigenvalue weighted by atomic mass is 16.2. The molecule has 0 heterocycles. The lowest BCUT2D eigenvalue weighted by molar-refractivity contribution is -0.120. The summed E-state index contributed by atoms with van der Waals surface area (Å²) in [5.74, 6) is 5.29. The Labute approximate surface area is 124 Å². The molecular formula is C16H19N3O2. The van der Waals surface area contributed by atoms with Gasteiger partial charge in [0, 0.05) is 17.2 Å². The highest BCUT2D eigenvalue weighted by Crippen LogP contribution is 2.18. The topological polar surface area (TPSA) is 84.2 Å². The van der Waals surface area contributed by atoms with Gasteiger partial charge in [-0.05, 0) is 37.5 Å². The molecule has 1 aliphatic rings. The summed E-state index contributed by atoms with van der Waals surface area (Å²) in [6, 6.07) is 5.63. The number of benzene rings is 1. The van der Waals surface area contributed by atoms with Crippen LogP contribution in [0, 0.1) is 18.8 Å². The van der Waals surface area contributed by atoms with Crippen LogP contribution in [0.5, 0.6) is 0 Å². The average molecular weight is 285 g/mol. The maximum absolute atomic E-state index is 12.1. The van der Waals surface area contributed by atoms with Crippen molar-refractivity contribution in [2.75, 3.05) is 13.1 Å². The molecule has 1 aliphatic carbocycles. The van der Waals surface area contributed by atoms with Gasteiger partial charge >= 0.3 is 0 Å². The summed E-state index contributed by atoms with van der Waals surface area (Å²) in [5, 5.41) is 5.46. The van der Waals surface area contributed by atoms with Gasteiger partial charge in [0.05, 0.1) is 13.1 Å². The van der Waals surface area contributed by atoms with Crippen molar-refractivity contribution in [3.63, 3.8) is 0 Å². The summed E-state index contributed by atoms with van der Waals surface area (Å²) >= 11 is 0. The summed E-state index contributed by atoms with van der Waals surface area (Å²) < 4.78 is 0. The van der Waals surface area contributed by atoms with Crippen LogP contribution in [-0.2, 0) is 4.79 Å². The Morgan fingerprint density at radius 1 is 1.38 bits per heavy atom. The first-order chi connectivity index (χ1) is 10.1. The van der Waals surface area contributed by atoms with E-state index in [1.807, 2.05) is 13.0 Å². The molecular weight excluding hydrogens is 266 g/mol. The molecule has 110 valence electrons. The summed E-state index contributed by atoms with van der Waals surface area (Å²) in [7, 11) is 0. The smallest absolute Gasteiger partial charge is 0.252 e. The number of hydrogen-bond acceptors (Lipinski definition) is 3. The van der Waals surface area contributed by atoms with E-state index in [0.717, 1.165) is 24.0 Å². The lowest BCUT2D eigenvalue weighted by Gasteiger charge is -2.09. The predicted molar refractivity (Wildman–Crippen MR) is 80.6 cm³/mol. The fourth-order valence-electron chi connectivity index (χ4n) is 1.93. The third-order valence-electron chi connectivity index (χ3n) is 3.26. The largest absolute Gasteiger partial charge is 0.352 e. The quantitative estimate of drug-likeness (QED) is 0.696. The molecule has 1 aromatic rings. The molecule has 1 saturated carbocycles. The van der Waals surface area contributed by atoms with Crippen molar-refractivity contribution >= 4 is 11.8 Å². The Morgan fingerprint density at radius 2 is 2.14 bits per heavy atom. The average Bonchev–Trinajstić information content (AvgIpc) is 3.27. The monoisotopic (exact) mass is 285 g/mol. The van der Waals surface area contributed by atoms with E-state index in [2.05, 4.69) is 22.5 Å². The van der Waals surface area contributed by atoms with Gasteiger partial charge in [-0.25, -0.2) is 0 Å². The summed E-state index contributed by atoms with van der Waals surface area (Å²) in [5.41, 5.74) is 7.44. The number of nitrogens with two attached hydrogens (primary N) is 1. The number of carbonyl (C=O) groups is 2. The van der Waals surface area contributed by atoms with Crippen molar-refractivity contribution in [2.45, 2.75) is 25.8 Å². The molecule has 0 radical (unpaired) electrons. The molecule has 0 aromatic heterocycles. The molecule has 0 unspecified atom stereocenters. The molecule has 0 atom stereocenters. The van der Waals surface area contributed by atoms with Gasteiger partial charge in [0.25, 0.3) is 5.91 Å². The van der Waals surface area contributed by atoms with E-state index in [1.165, 1.54) is 0 Å². The number of carbonyl (C=O) groups excluding carboxylic acids is 2. The van der Waals surface area contributed by atoms with E-state index in [0.29, 0.717) is 11.6 Å². The molecule has 2 amide bonds. The summed E-state index contributed by atoms with van der Waals surface area (Å²) in [6.45, 7) is 2.10. The van der Waals surface area contributed by atoms with E-state index in [-0.39, 0.29) is 24.9 Å². The predicted octanol–water partition coefficient (Wildman–Crippen LogP) is 0.314. The number of nitrogens with one attached hydrogen (secondary N) is 2. The van der Waals surface area contributed by atoms with Gasteiger partial charge in [-0.1, -0.05) is 17.9 Å². The first kappa shape index (κ1) is 15.1. The van der Waals surface area contributed by atoms with Crippen molar-refractivity contribution in [2.24, 2.45) is 5.73 Å². The van der Waals surface area contributed by atoms with Gasteiger partial charge < -0.3 is 16.4 Å². The van der Waals surface area contributed by atoms with E-state index in [1.54, 1.807) is 12.1 Å². The zero-order valence-corrected chi connectivity index (χ0v) is 12.0. The van der Waals surface area contributed by atoms with E-state index < -0.39 is 0 Å². The van der Waals surface area contributed by atoms with E-state index in [4.69, 9.17) is 5.73 Å². The lowest BCUT2D eigenvalue weighted by Crippen LogP contribution is -2.38. The molecule has 5 heteroatoms. The van der Waals surface area contributed by atoms with Crippen molar-refractivity contribution in [3.05, 3.63) is 34.9 Å². The number of amides is 2. The minimum absolute atomic E-state index is 0.00647. The number of hydrogen-bond donors (Lipinski definition) is 3. The van der Waals surface area contributed by atoms with Crippen molar-refractivity contribution in [1.29, 1.82) is 0 Å². The first-order valence-corrected chi connectivity index (χ1v) is 6.98. The molecule has 1 fully saturated rings. The second-order valence-electron chi connectivity index (χ2n) is 5.01. The SMILES string of the molecule is Cc1c(C#CCN)cccc1C(=O)NCC(=O)NC1CC1. The molecule has 21 heavy (non-hydrogen) atoms. The van der Waals surface area contributed by atoms with Crippen molar-refractivity contribution in [1.82, 2.24) is 10.6 Å². The van der Waals surface area contributed by atoms with Crippen LogP contribution in [0.25, 0.3) is 0 Å². The van der Waals surface area contributed by atoms with Gasteiger partial charge in [0.15, 0.2) is 0 Å². The zero-order valence-electron chi connectivity index (χ0n) is 12.0. The molecule has 0 bridgehead atoms. The van der Waals surface area contributed by atoms with Gasteiger partial charge in [-0.2, -0.15) is 0 Å². The second-order valence-corrected chi connectivity index (χ2v) is 5.01. The molecule has 0 spiro atoms. The lowest BCUT2D eigenvalue weighted by atomic mass is 10.0. The Hall–Kier alpha value is -2.32. The standard InChI is InChI=1S/C16H19N3O2/c1-11-12(5-3-9-17)4-2-6-14(11)16(21)18-10-15(20)19-13-7-8-13/h2,4,6,13H,7-10,17H2,1H3,(H,18,21)(H,19,20). The Balaban J connectivity index is 1.99. The maximum Gasteiger partial charge on any atom is 0.252 e. The van der Waals surface area contributed by atoms with Crippen LogP contribution >= 0.6 is 0 Å². The maximum atomic E-state index is 12.1. The molecule has 2 rings (SSSR count). The third-order valence-corrected chi connectivity index (χ3v) is 3.26. The van der Waals surface area contributed by atoms with Crippen LogP contribution in [0.15, 0.2) is 18.2 Å². The molecule has 5 nitrogen and oxygen atoms in total. The van der Waals surface area contributed by atoms with Crippen molar-refractivity contribution in [3.8, 4) is 11.8 Å². The molecule has 0 aliphatic heterocycles. The van der Waals surface area contributed by atoms with Gasteiger partial charge in [0.2, 0.25) is 5.91 Å². The third kappa shape index (κ3) is 4.33. The van der Waals surface area contributed by atoms with E-state index in [9.17, 15) is 9.59 Å². The fourth-order valence-corrected chi connectivity index (χ4v) is 1.93. The molecule has 1 aromatic carbocycles. The normalized spacial score (nSPS) is 13.0. The minimum atomic E-state index is -0.269. The van der Waals surface area contributed by atoms with Crippen LogP contribution in [0.2, 0.25) is 0 Å². The summed E-state index contributed by atoms with van der Waals surface area (Å²) in [6.07, 6.45) is 2.06. The first-order valence-electron chi connectivity index (χ1n) is 6.98. The zero-order chi connectivity index (χ0) is 15.2. The van der Waals surface area contributed by atoms with Crippen LogP contribution in [-0.4, -0.2) is 30.9 Å². The minimum Gasteiger partial charge on any atom is -0.352 e. The van der Waals surface area contributed by atoms with Gasteiger partial charge in [0.1, 0.15) is 0 Å². The van der Waals surface area contributed by atoms with E-state index >= 15 is 0 Å². The highest BCUT2D eigenvalue weighted by Gasteiger charge is 2.23. The van der Waals surface area contributed by atoms with Crippen LogP contribution < -0.4 is 16.4 Å². The summed E-state index contributed by atoms with van der Waals surface area (Å²) in [4.78, 5) is 23.7.